The molecule has 0 amide bonds. The van der Waals surface area contributed by atoms with Crippen molar-refractivity contribution in [3.8, 4) is 11.8 Å². The van der Waals surface area contributed by atoms with Crippen molar-refractivity contribution >= 4 is 17.5 Å². The average Bonchev–Trinajstić information content (AvgIpc) is 3.10. The van der Waals surface area contributed by atoms with Gasteiger partial charge in [0.25, 0.3) is 0 Å². The summed E-state index contributed by atoms with van der Waals surface area (Å²) in [5.74, 6) is 1.65. The van der Waals surface area contributed by atoms with Crippen molar-refractivity contribution in [2.24, 2.45) is 5.41 Å². The summed E-state index contributed by atoms with van der Waals surface area (Å²) in [6.45, 7) is 5.19. The minimum atomic E-state index is -0.263. The van der Waals surface area contributed by atoms with Gasteiger partial charge in [-0.3, -0.25) is 4.79 Å². The molecule has 4 rings (SSSR count). The molecule has 0 N–H and O–H groups in total. The van der Waals surface area contributed by atoms with Crippen molar-refractivity contribution < 1.29 is 9.53 Å². The Hall–Kier alpha value is -2.19. The fourth-order valence-electron chi connectivity index (χ4n) is 4.27. The molecule has 26 heavy (non-hydrogen) atoms. The molecule has 2 aliphatic heterocycles. The molecule has 5 heteroatoms. The fraction of sp³-hybridized carbons (Fsp3) is 0.429. The van der Waals surface area contributed by atoms with Crippen LogP contribution >= 0.6 is 11.8 Å². The SMILES string of the molecule is COc1ccc([C@@H]2C(C#N)=C3SCCN3C3=C2C(=O)CC(C)(C)C3)cc1. The standard InChI is InChI=1S/C21H22N2O2S/c1-21(2)10-16-19(17(24)11-21)18(13-4-6-14(25-3)7-5-13)15(12-22)20-23(16)8-9-26-20/h4-7,18H,8-11H2,1-3H3/t18-/m1/s1. The zero-order valence-corrected chi connectivity index (χ0v) is 16.2. The van der Waals surface area contributed by atoms with E-state index in [0.717, 1.165) is 46.3 Å². The third-order valence-corrected chi connectivity index (χ3v) is 6.50. The second-order valence-electron chi connectivity index (χ2n) is 7.84. The molecule has 0 bridgehead atoms. The van der Waals surface area contributed by atoms with Crippen molar-refractivity contribution in [1.29, 1.82) is 5.26 Å². The van der Waals surface area contributed by atoms with Crippen LogP contribution in [0.2, 0.25) is 0 Å². The summed E-state index contributed by atoms with van der Waals surface area (Å²) in [5, 5.41) is 11.0. The van der Waals surface area contributed by atoms with Crippen molar-refractivity contribution in [3.63, 3.8) is 0 Å². The van der Waals surface area contributed by atoms with Crippen LogP contribution in [-0.2, 0) is 4.79 Å². The van der Waals surface area contributed by atoms with E-state index in [4.69, 9.17) is 4.74 Å². The van der Waals surface area contributed by atoms with Crippen LogP contribution in [0.25, 0.3) is 0 Å². The van der Waals surface area contributed by atoms with E-state index in [1.54, 1.807) is 18.9 Å². The van der Waals surface area contributed by atoms with Gasteiger partial charge in [0.05, 0.1) is 29.7 Å². The molecule has 1 saturated heterocycles. The average molecular weight is 366 g/mol. The molecule has 3 aliphatic rings. The maximum atomic E-state index is 13.2. The van der Waals surface area contributed by atoms with Gasteiger partial charge in [0.15, 0.2) is 5.78 Å². The molecular weight excluding hydrogens is 344 g/mol. The molecule has 2 heterocycles. The van der Waals surface area contributed by atoms with Crippen LogP contribution in [0.3, 0.4) is 0 Å². The molecule has 0 aromatic heterocycles. The Kier molecular flexibility index (Phi) is 4.11. The van der Waals surface area contributed by atoms with Crippen LogP contribution in [0.5, 0.6) is 5.75 Å². The monoisotopic (exact) mass is 366 g/mol. The Morgan fingerprint density at radius 3 is 2.65 bits per heavy atom. The highest BCUT2D eigenvalue weighted by Gasteiger charge is 2.45. The topological polar surface area (TPSA) is 53.3 Å². The van der Waals surface area contributed by atoms with E-state index < -0.39 is 0 Å². The molecule has 1 aliphatic carbocycles. The van der Waals surface area contributed by atoms with E-state index in [9.17, 15) is 10.1 Å². The summed E-state index contributed by atoms with van der Waals surface area (Å²) in [6, 6.07) is 10.2. The summed E-state index contributed by atoms with van der Waals surface area (Å²) < 4.78 is 5.27. The summed E-state index contributed by atoms with van der Waals surface area (Å²) in [5.41, 5.74) is 3.62. The minimum absolute atomic E-state index is 0.0388. The Balaban J connectivity index is 1.91. The first-order valence-electron chi connectivity index (χ1n) is 8.90. The first-order chi connectivity index (χ1) is 12.4. The highest BCUT2D eigenvalue weighted by Crippen LogP contribution is 2.53. The molecule has 0 unspecified atom stereocenters. The van der Waals surface area contributed by atoms with E-state index in [2.05, 4.69) is 24.8 Å². The molecule has 4 nitrogen and oxygen atoms in total. The van der Waals surface area contributed by atoms with Crippen LogP contribution in [0.1, 0.15) is 38.2 Å². The van der Waals surface area contributed by atoms with Gasteiger partial charge in [0, 0.05) is 30.0 Å². The molecule has 0 saturated carbocycles. The van der Waals surface area contributed by atoms with Crippen LogP contribution in [-0.4, -0.2) is 30.1 Å². The van der Waals surface area contributed by atoms with Crippen LogP contribution in [0.4, 0.5) is 0 Å². The lowest BCUT2D eigenvalue weighted by molar-refractivity contribution is -0.118. The predicted octanol–water partition coefficient (Wildman–Crippen LogP) is 4.22. The Morgan fingerprint density at radius 2 is 2.00 bits per heavy atom. The van der Waals surface area contributed by atoms with Gasteiger partial charge in [0.2, 0.25) is 0 Å². The fourth-order valence-corrected chi connectivity index (χ4v) is 5.42. The minimum Gasteiger partial charge on any atom is -0.497 e. The van der Waals surface area contributed by atoms with Crippen LogP contribution < -0.4 is 4.74 Å². The predicted molar refractivity (Wildman–Crippen MR) is 103 cm³/mol. The normalized spacial score (nSPS) is 24.3. The Labute approximate surface area is 158 Å². The molecule has 0 spiro atoms. The zero-order valence-electron chi connectivity index (χ0n) is 15.3. The van der Waals surface area contributed by atoms with E-state index in [0.29, 0.717) is 12.0 Å². The number of thioether (sulfide) groups is 1. The van der Waals surface area contributed by atoms with Gasteiger partial charge in [0.1, 0.15) is 5.75 Å². The molecule has 1 atom stereocenters. The maximum absolute atomic E-state index is 13.2. The number of benzene rings is 1. The number of hydrogen-bond acceptors (Lipinski definition) is 5. The number of ether oxygens (including phenoxy) is 1. The number of carbonyl (C=O) groups is 1. The molecule has 1 aromatic rings. The van der Waals surface area contributed by atoms with Gasteiger partial charge in [-0.2, -0.15) is 5.26 Å². The molecule has 0 radical (unpaired) electrons. The van der Waals surface area contributed by atoms with Gasteiger partial charge in [-0.15, -0.1) is 11.8 Å². The molecular formula is C21H22N2O2S. The summed E-state index contributed by atoms with van der Waals surface area (Å²) >= 11 is 1.74. The maximum Gasteiger partial charge on any atom is 0.162 e. The van der Waals surface area contributed by atoms with Crippen molar-refractivity contribution in [2.75, 3.05) is 19.4 Å². The van der Waals surface area contributed by atoms with Gasteiger partial charge in [-0.05, 0) is 29.5 Å². The number of methoxy groups -OCH3 is 1. The van der Waals surface area contributed by atoms with Gasteiger partial charge in [-0.1, -0.05) is 26.0 Å². The number of fused-ring (bicyclic) bond motifs is 2. The Morgan fingerprint density at radius 1 is 1.27 bits per heavy atom. The third kappa shape index (κ3) is 2.64. The van der Waals surface area contributed by atoms with E-state index >= 15 is 0 Å². The van der Waals surface area contributed by atoms with Crippen molar-refractivity contribution in [3.05, 3.63) is 51.7 Å². The highest BCUT2D eigenvalue weighted by atomic mass is 32.2. The second-order valence-corrected chi connectivity index (χ2v) is 8.92. The van der Waals surface area contributed by atoms with Gasteiger partial charge in [-0.25, -0.2) is 0 Å². The Bertz CT molecular complexity index is 874. The summed E-state index contributed by atoms with van der Waals surface area (Å²) in [4.78, 5) is 15.4. The summed E-state index contributed by atoms with van der Waals surface area (Å²) in [7, 11) is 1.64. The van der Waals surface area contributed by atoms with Gasteiger partial charge < -0.3 is 9.64 Å². The number of nitrogens with zero attached hydrogens (tertiary/aromatic N) is 2. The highest BCUT2D eigenvalue weighted by molar-refractivity contribution is 8.03. The van der Waals surface area contributed by atoms with E-state index in [1.807, 2.05) is 24.3 Å². The first kappa shape index (κ1) is 17.2. The summed E-state index contributed by atoms with van der Waals surface area (Å²) in [6.07, 6.45) is 1.41. The molecule has 1 aromatic carbocycles. The van der Waals surface area contributed by atoms with Crippen molar-refractivity contribution in [1.82, 2.24) is 4.90 Å². The number of allylic oxidation sites excluding steroid dienone is 3. The van der Waals surface area contributed by atoms with E-state index in [1.165, 1.54) is 0 Å². The number of ketones is 1. The van der Waals surface area contributed by atoms with Gasteiger partial charge >= 0.3 is 0 Å². The molecule has 134 valence electrons. The lowest BCUT2D eigenvalue weighted by atomic mass is 9.69. The quantitative estimate of drug-likeness (QED) is 0.784. The number of hydrogen-bond donors (Lipinski definition) is 0. The third-order valence-electron chi connectivity index (χ3n) is 5.40. The van der Waals surface area contributed by atoms with Crippen LogP contribution in [0, 0.1) is 16.7 Å². The van der Waals surface area contributed by atoms with Crippen molar-refractivity contribution in [2.45, 2.75) is 32.6 Å². The zero-order chi connectivity index (χ0) is 18.5. The number of rotatable bonds is 2. The second kappa shape index (κ2) is 6.21. The van der Waals surface area contributed by atoms with Crippen LogP contribution in [0.15, 0.2) is 46.1 Å². The lowest BCUT2D eigenvalue weighted by Crippen LogP contribution is -2.38. The molecule has 1 fully saturated rings. The number of nitriles is 1. The smallest absolute Gasteiger partial charge is 0.162 e. The number of carbonyl (C=O) groups excluding carboxylic acids is 1. The first-order valence-corrected chi connectivity index (χ1v) is 9.88. The number of Topliss-reactive ketones (excluding diaryl/α,β-unsaturated/α-hetero) is 1. The van der Waals surface area contributed by atoms with E-state index in [-0.39, 0.29) is 17.1 Å². The largest absolute Gasteiger partial charge is 0.497 e. The lowest BCUT2D eigenvalue weighted by Gasteiger charge is -2.42.